The first-order valence-corrected chi connectivity index (χ1v) is 8.67. The third-order valence-electron chi connectivity index (χ3n) is 4.07. The molecule has 0 saturated heterocycles. The number of nitrogens with one attached hydrogen (secondary N) is 1. The Hall–Kier alpha value is -1.88. The number of amides is 1. The Morgan fingerprint density at radius 3 is 2.59 bits per heavy atom. The fourth-order valence-corrected chi connectivity index (χ4v) is 3.87. The van der Waals surface area contributed by atoms with Crippen molar-refractivity contribution in [2.75, 3.05) is 23.3 Å². The van der Waals surface area contributed by atoms with Crippen LogP contribution in [0.2, 0.25) is 0 Å². The number of thiazole rings is 1. The zero-order valence-corrected chi connectivity index (χ0v) is 13.9. The lowest BCUT2D eigenvalue weighted by Crippen LogP contribution is -2.21. The van der Waals surface area contributed by atoms with Gasteiger partial charge in [-0.3, -0.25) is 10.1 Å². The van der Waals surface area contributed by atoms with Gasteiger partial charge in [0.1, 0.15) is 0 Å². The van der Waals surface area contributed by atoms with Crippen molar-refractivity contribution in [1.29, 1.82) is 0 Å². The number of nitrogens with zero attached hydrogens (tertiary/aromatic N) is 2. The standard InChI is InChI=1S/C17H21N3OS/c1-3-20(4-2)13-10-8-12(9-11-13)16(21)19-17-18-14-6-5-7-15(14)22-17/h8-11H,3-7H2,1-2H3,(H,18,19,21). The Morgan fingerprint density at radius 2 is 1.95 bits per heavy atom. The maximum absolute atomic E-state index is 12.3. The third-order valence-corrected chi connectivity index (χ3v) is 5.15. The highest BCUT2D eigenvalue weighted by atomic mass is 32.1. The molecule has 0 aliphatic heterocycles. The van der Waals surface area contributed by atoms with Crippen LogP contribution in [0.3, 0.4) is 0 Å². The first-order valence-electron chi connectivity index (χ1n) is 7.86. The summed E-state index contributed by atoms with van der Waals surface area (Å²) in [7, 11) is 0. The quantitative estimate of drug-likeness (QED) is 0.914. The highest BCUT2D eigenvalue weighted by molar-refractivity contribution is 7.15. The Labute approximate surface area is 135 Å². The SMILES string of the molecule is CCN(CC)c1ccc(C(=O)Nc2nc3c(s2)CCC3)cc1. The Balaban J connectivity index is 1.69. The van der Waals surface area contributed by atoms with Crippen molar-refractivity contribution in [3.8, 4) is 0 Å². The van der Waals surface area contributed by atoms with Crippen molar-refractivity contribution in [3.05, 3.63) is 40.4 Å². The van der Waals surface area contributed by atoms with Crippen molar-refractivity contribution in [2.24, 2.45) is 0 Å². The van der Waals surface area contributed by atoms with Gasteiger partial charge in [0.05, 0.1) is 5.69 Å². The fraction of sp³-hybridized carbons (Fsp3) is 0.412. The van der Waals surface area contributed by atoms with E-state index in [0.717, 1.165) is 42.4 Å². The number of benzene rings is 1. The molecule has 1 aliphatic rings. The molecule has 0 fully saturated rings. The van der Waals surface area contributed by atoms with Gasteiger partial charge in [0.25, 0.3) is 5.91 Å². The van der Waals surface area contributed by atoms with Gasteiger partial charge in [-0.1, -0.05) is 0 Å². The topological polar surface area (TPSA) is 45.2 Å². The van der Waals surface area contributed by atoms with Gasteiger partial charge < -0.3 is 4.90 Å². The third kappa shape index (κ3) is 2.99. The summed E-state index contributed by atoms with van der Waals surface area (Å²) < 4.78 is 0. The fourth-order valence-electron chi connectivity index (χ4n) is 2.83. The van der Waals surface area contributed by atoms with Crippen LogP contribution in [0.15, 0.2) is 24.3 Å². The Kier molecular flexibility index (Phi) is 4.43. The zero-order chi connectivity index (χ0) is 15.5. The van der Waals surface area contributed by atoms with E-state index in [-0.39, 0.29) is 5.91 Å². The predicted molar refractivity (Wildman–Crippen MR) is 92.1 cm³/mol. The second-order valence-corrected chi connectivity index (χ2v) is 6.50. The van der Waals surface area contributed by atoms with Crippen molar-refractivity contribution < 1.29 is 4.79 Å². The molecule has 0 saturated carbocycles. The lowest BCUT2D eigenvalue weighted by molar-refractivity contribution is 0.102. The van der Waals surface area contributed by atoms with Crippen LogP contribution < -0.4 is 10.2 Å². The van der Waals surface area contributed by atoms with Crippen molar-refractivity contribution in [3.63, 3.8) is 0 Å². The second-order valence-electron chi connectivity index (χ2n) is 5.42. The van der Waals surface area contributed by atoms with E-state index in [9.17, 15) is 4.79 Å². The maximum Gasteiger partial charge on any atom is 0.257 e. The van der Waals surface area contributed by atoms with Crippen LogP contribution in [0.1, 0.15) is 41.2 Å². The summed E-state index contributed by atoms with van der Waals surface area (Å²) in [5.41, 5.74) is 2.98. The summed E-state index contributed by atoms with van der Waals surface area (Å²) in [5, 5.41) is 3.64. The Morgan fingerprint density at radius 1 is 1.23 bits per heavy atom. The lowest BCUT2D eigenvalue weighted by Gasteiger charge is -2.20. The molecule has 0 bridgehead atoms. The van der Waals surface area contributed by atoms with E-state index in [1.807, 2.05) is 24.3 Å². The van der Waals surface area contributed by atoms with Crippen molar-refractivity contribution in [2.45, 2.75) is 33.1 Å². The number of rotatable bonds is 5. The minimum absolute atomic E-state index is 0.0847. The molecular weight excluding hydrogens is 294 g/mol. The molecule has 1 heterocycles. The molecule has 0 spiro atoms. The minimum Gasteiger partial charge on any atom is -0.372 e. The van der Waals surface area contributed by atoms with Gasteiger partial charge in [0, 0.05) is 29.2 Å². The van der Waals surface area contributed by atoms with Gasteiger partial charge in [0.2, 0.25) is 0 Å². The van der Waals surface area contributed by atoms with Crippen LogP contribution in [0.25, 0.3) is 0 Å². The summed E-state index contributed by atoms with van der Waals surface area (Å²) in [5.74, 6) is -0.0847. The second kappa shape index (κ2) is 6.48. The minimum atomic E-state index is -0.0847. The number of carbonyl (C=O) groups is 1. The van der Waals surface area contributed by atoms with E-state index in [1.165, 1.54) is 11.3 Å². The molecule has 2 aromatic rings. The first kappa shape index (κ1) is 15.0. The van der Waals surface area contributed by atoms with Crippen LogP contribution in [0, 0.1) is 0 Å². The summed E-state index contributed by atoms with van der Waals surface area (Å²) >= 11 is 1.61. The monoisotopic (exact) mass is 315 g/mol. The molecule has 116 valence electrons. The number of aromatic nitrogens is 1. The molecule has 1 aliphatic carbocycles. The van der Waals surface area contributed by atoms with Gasteiger partial charge in [-0.2, -0.15) is 0 Å². The van der Waals surface area contributed by atoms with E-state index in [0.29, 0.717) is 5.56 Å². The van der Waals surface area contributed by atoms with Gasteiger partial charge in [-0.05, 0) is 57.4 Å². The summed E-state index contributed by atoms with van der Waals surface area (Å²) in [6.07, 6.45) is 3.33. The highest BCUT2D eigenvalue weighted by Gasteiger charge is 2.18. The molecule has 3 rings (SSSR count). The molecule has 0 radical (unpaired) electrons. The van der Waals surface area contributed by atoms with Gasteiger partial charge in [-0.15, -0.1) is 11.3 Å². The van der Waals surface area contributed by atoms with Gasteiger partial charge in [0.15, 0.2) is 5.13 Å². The van der Waals surface area contributed by atoms with E-state index in [1.54, 1.807) is 11.3 Å². The molecule has 1 aromatic heterocycles. The first-order chi connectivity index (χ1) is 10.7. The number of fused-ring (bicyclic) bond motifs is 1. The highest BCUT2D eigenvalue weighted by Crippen LogP contribution is 2.30. The molecule has 1 N–H and O–H groups in total. The summed E-state index contributed by atoms with van der Waals surface area (Å²) in [6, 6.07) is 7.77. The smallest absolute Gasteiger partial charge is 0.257 e. The molecule has 0 atom stereocenters. The lowest BCUT2D eigenvalue weighted by atomic mass is 10.2. The summed E-state index contributed by atoms with van der Waals surface area (Å²) in [4.78, 5) is 20.4. The largest absolute Gasteiger partial charge is 0.372 e. The molecule has 1 aromatic carbocycles. The van der Waals surface area contributed by atoms with Crippen molar-refractivity contribution in [1.82, 2.24) is 4.98 Å². The molecule has 0 unspecified atom stereocenters. The van der Waals surface area contributed by atoms with Crippen molar-refractivity contribution >= 4 is 28.1 Å². The summed E-state index contributed by atoms with van der Waals surface area (Å²) in [6.45, 7) is 6.19. The van der Waals surface area contributed by atoms with Gasteiger partial charge in [-0.25, -0.2) is 4.98 Å². The zero-order valence-electron chi connectivity index (χ0n) is 13.1. The predicted octanol–water partition coefficient (Wildman–Crippen LogP) is 3.73. The van der Waals surface area contributed by atoms with Crippen LogP contribution in [0.4, 0.5) is 10.8 Å². The average Bonchev–Trinajstić information content (AvgIpc) is 3.10. The molecule has 22 heavy (non-hydrogen) atoms. The van der Waals surface area contributed by atoms with Crippen LogP contribution in [-0.2, 0) is 12.8 Å². The number of hydrogen-bond donors (Lipinski definition) is 1. The van der Waals surface area contributed by atoms with E-state index in [2.05, 4.69) is 29.0 Å². The Bertz CT molecular complexity index is 638. The van der Waals surface area contributed by atoms with Crippen LogP contribution >= 0.6 is 11.3 Å². The molecule has 1 amide bonds. The molecule has 5 heteroatoms. The molecule has 4 nitrogen and oxygen atoms in total. The number of anilines is 2. The number of hydrogen-bond acceptors (Lipinski definition) is 4. The number of aryl methyl sites for hydroxylation is 2. The van der Waals surface area contributed by atoms with Crippen LogP contribution in [0.5, 0.6) is 0 Å². The maximum atomic E-state index is 12.3. The van der Waals surface area contributed by atoms with Crippen LogP contribution in [-0.4, -0.2) is 24.0 Å². The van der Waals surface area contributed by atoms with E-state index in [4.69, 9.17) is 0 Å². The molecular formula is C17H21N3OS. The van der Waals surface area contributed by atoms with E-state index < -0.39 is 0 Å². The number of carbonyl (C=O) groups excluding carboxylic acids is 1. The van der Waals surface area contributed by atoms with Gasteiger partial charge >= 0.3 is 0 Å². The van der Waals surface area contributed by atoms with E-state index >= 15 is 0 Å². The average molecular weight is 315 g/mol. The normalized spacial score (nSPS) is 13.0.